The first-order valence-corrected chi connectivity index (χ1v) is 15.6. The van der Waals surface area contributed by atoms with Gasteiger partial charge in [-0.2, -0.15) is 0 Å². The summed E-state index contributed by atoms with van der Waals surface area (Å²) in [6, 6.07) is 0. The summed E-state index contributed by atoms with van der Waals surface area (Å²) in [6.07, 6.45) is 9.77. The summed E-state index contributed by atoms with van der Waals surface area (Å²) in [7, 11) is 0. The van der Waals surface area contributed by atoms with Crippen LogP contribution in [-0.4, -0.2) is 116 Å². The van der Waals surface area contributed by atoms with E-state index in [9.17, 15) is 40.5 Å². The number of hydrogen-bond acceptors (Lipinski definition) is 12. The minimum absolute atomic E-state index is 0.0370. The fourth-order valence-electron chi connectivity index (χ4n) is 4.77. The molecule has 2 rings (SSSR count). The van der Waals surface area contributed by atoms with E-state index in [1.165, 1.54) is 19.3 Å². The monoisotopic (exact) mass is 628 g/mol. The molecule has 0 amide bonds. The molecule has 0 radical (unpaired) electrons. The van der Waals surface area contributed by atoms with Crippen LogP contribution in [0.2, 0.25) is 0 Å². The summed E-state index contributed by atoms with van der Waals surface area (Å²) in [4.78, 5) is 12.3. The lowest BCUT2D eigenvalue weighted by Crippen LogP contribution is -2.64. The van der Waals surface area contributed by atoms with Gasteiger partial charge in [0, 0.05) is 6.42 Å². The van der Waals surface area contributed by atoms with Crippen LogP contribution in [0.5, 0.6) is 0 Å². The highest BCUT2D eigenvalue weighted by molar-refractivity contribution is 5.69. The summed E-state index contributed by atoms with van der Waals surface area (Å²) < 4.78 is 21.4. The van der Waals surface area contributed by atoms with Crippen molar-refractivity contribution in [1.29, 1.82) is 0 Å². The highest BCUT2D eigenvalue weighted by Gasteiger charge is 2.51. The van der Waals surface area contributed by atoms with Crippen LogP contribution < -0.4 is 0 Å². The zero-order valence-electron chi connectivity index (χ0n) is 25.5. The van der Waals surface area contributed by atoms with E-state index in [4.69, 9.17) is 18.9 Å². The number of ether oxygens (including phenoxy) is 4. The van der Waals surface area contributed by atoms with Gasteiger partial charge in [0.1, 0.15) is 48.8 Å². The molecule has 2 aliphatic heterocycles. The molecule has 0 bridgehead atoms. The molecule has 44 heavy (non-hydrogen) atoms. The molecular formula is C32H52O12. The van der Waals surface area contributed by atoms with Crippen molar-refractivity contribution in [2.45, 2.75) is 133 Å². The molecule has 0 aromatic carbocycles. The Labute approximate surface area is 259 Å². The van der Waals surface area contributed by atoms with Crippen molar-refractivity contribution in [3.63, 3.8) is 0 Å². The van der Waals surface area contributed by atoms with Gasteiger partial charge in [-0.05, 0) is 44.9 Å². The molecule has 0 saturated carbocycles. The first-order chi connectivity index (χ1) is 21.2. The smallest absolute Gasteiger partial charge is 0.308 e. The Hall–Kier alpha value is -1.97. The molecule has 2 saturated heterocycles. The Morgan fingerprint density at radius 2 is 1.16 bits per heavy atom. The molecule has 10 atom stereocenters. The van der Waals surface area contributed by atoms with Gasteiger partial charge in [0.05, 0.1) is 13.2 Å². The molecule has 12 heteroatoms. The van der Waals surface area contributed by atoms with Crippen LogP contribution in [0.4, 0.5) is 0 Å². The predicted molar refractivity (Wildman–Crippen MR) is 161 cm³/mol. The molecule has 0 aliphatic carbocycles. The maximum atomic E-state index is 12.3. The quantitative estimate of drug-likeness (QED) is 0.0616. The lowest BCUT2D eigenvalue weighted by atomic mass is 9.97. The Kier molecular flexibility index (Phi) is 18.9. The third-order valence-electron chi connectivity index (χ3n) is 7.42. The van der Waals surface area contributed by atoms with Gasteiger partial charge in [-0.25, -0.2) is 0 Å². The fourth-order valence-corrected chi connectivity index (χ4v) is 4.77. The van der Waals surface area contributed by atoms with E-state index in [0.717, 1.165) is 25.7 Å². The molecule has 2 heterocycles. The number of esters is 1. The minimum atomic E-state index is -1.77. The molecule has 0 aromatic rings. The number of allylic oxidation sites excluding steroid dienone is 8. The highest BCUT2D eigenvalue weighted by Crippen LogP contribution is 2.29. The number of unbranched alkanes of at least 4 members (excludes halogenated alkanes) is 4. The number of rotatable bonds is 19. The Balaban J connectivity index is 1.67. The second-order valence-electron chi connectivity index (χ2n) is 11.0. The Morgan fingerprint density at radius 1 is 0.636 bits per heavy atom. The standard InChI is InChI=1S/C32H52O12/c1-2-3-4-5-6-7-8-9-10-11-12-13-14-15-16-17-18-19-24(35)43-31-29(40)27(38)30(23(21-34)42-31)44-32-28(39)26(37)25(36)22(20-33)41-32/h6-7,9-10,12-13,15-16,22-23,25-34,36-40H,2-5,8,11,14,17-21H2,1H3/b7-6-,10-9-,13-12-,16-15-/t22-,23-,25+,26+,27-,28-,29-,30-,31?,32+/m1/s1. The van der Waals surface area contributed by atoms with Crippen molar-refractivity contribution in [3.8, 4) is 0 Å². The van der Waals surface area contributed by atoms with Crippen molar-refractivity contribution in [2.24, 2.45) is 0 Å². The minimum Gasteiger partial charge on any atom is -0.433 e. The van der Waals surface area contributed by atoms with Gasteiger partial charge in [0.2, 0.25) is 6.29 Å². The number of hydrogen-bond donors (Lipinski definition) is 7. The zero-order valence-corrected chi connectivity index (χ0v) is 25.5. The topological polar surface area (TPSA) is 196 Å². The van der Waals surface area contributed by atoms with Crippen molar-refractivity contribution in [2.75, 3.05) is 13.2 Å². The lowest BCUT2D eigenvalue weighted by molar-refractivity contribution is -0.355. The first-order valence-electron chi connectivity index (χ1n) is 15.6. The molecule has 2 fully saturated rings. The summed E-state index contributed by atoms with van der Waals surface area (Å²) in [6.45, 7) is 0.795. The number of aliphatic hydroxyl groups excluding tert-OH is 7. The lowest BCUT2D eigenvalue weighted by Gasteiger charge is -2.45. The summed E-state index contributed by atoms with van der Waals surface area (Å²) in [5.41, 5.74) is 0. The zero-order chi connectivity index (χ0) is 32.3. The van der Waals surface area contributed by atoms with Gasteiger partial charge < -0.3 is 54.7 Å². The van der Waals surface area contributed by atoms with E-state index in [1.54, 1.807) is 0 Å². The molecular weight excluding hydrogens is 576 g/mol. The van der Waals surface area contributed by atoms with Crippen LogP contribution >= 0.6 is 0 Å². The van der Waals surface area contributed by atoms with Crippen LogP contribution in [0.15, 0.2) is 48.6 Å². The van der Waals surface area contributed by atoms with E-state index >= 15 is 0 Å². The molecule has 0 aromatic heterocycles. The van der Waals surface area contributed by atoms with E-state index in [0.29, 0.717) is 12.8 Å². The summed E-state index contributed by atoms with van der Waals surface area (Å²) in [5.74, 6) is -0.665. The van der Waals surface area contributed by atoms with E-state index in [1.807, 2.05) is 12.2 Å². The second kappa shape index (κ2) is 21.7. The largest absolute Gasteiger partial charge is 0.433 e. The van der Waals surface area contributed by atoms with Gasteiger partial charge in [0.15, 0.2) is 6.29 Å². The maximum Gasteiger partial charge on any atom is 0.308 e. The average Bonchev–Trinajstić information content (AvgIpc) is 3.02. The van der Waals surface area contributed by atoms with Crippen LogP contribution in [0.25, 0.3) is 0 Å². The van der Waals surface area contributed by atoms with Crippen LogP contribution in [0, 0.1) is 0 Å². The summed E-state index contributed by atoms with van der Waals surface area (Å²) >= 11 is 0. The fraction of sp³-hybridized carbons (Fsp3) is 0.719. The molecule has 1 unspecified atom stereocenters. The van der Waals surface area contributed by atoms with Gasteiger partial charge in [0.25, 0.3) is 0 Å². The number of aliphatic hydroxyl groups is 7. The van der Waals surface area contributed by atoms with E-state index < -0.39 is 80.6 Å². The predicted octanol–water partition coefficient (Wildman–Crippen LogP) is 1.30. The van der Waals surface area contributed by atoms with Gasteiger partial charge >= 0.3 is 5.97 Å². The number of carbonyl (C=O) groups excluding carboxylic acids is 1. The van der Waals surface area contributed by atoms with Gasteiger partial charge in [-0.15, -0.1) is 0 Å². The molecule has 12 nitrogen and oxygen atoms in total. The van der Waals surface area contributed by atoms with Gasteiger partial charge in [-0.3, -0.25) is 4.79 Å². The van der Waals surface area contributed by atoms with E-state index in [-0.39, 0.29) is 6.42 Å². The van der Waals surface area contributed by atoms with Crippen molar-refractivity contribution < 1.29 is 59.5 Å². The maximum absolute atomic E-state index is 12.3. The van der Waals surface area contributed by atoms with E-state index in [2.05, 4.69) is 43.4 Å². The first kappa shape index (κ1) is 38.2. The van der Waals surface area contributed by atoms with Gasteiger partial charge in [-0.1, -0.05) is 68.4 Å². The molecule has 252 valence electrons. The third-order valence-corrected chi connectivity index (χ3v) is 7.42. The van der Waals surface area contributed by atoms with Crippen molar-refractivity contribution in [3.05, 3.63) is 48.6 Å². The van der Waals surface area contributed by atoms with Crippen molar-refractivity contribution >= 4 is 5.97 Å². The molecule has 0 spiro atoms. The molecule has 2 aliphatic rings. The third kappa shape index (κ3) is 12.8. The number of carbonyl (C=O) groups is 1. The summed E-state index contributed by atoms with van der Waals surface area (Å²) in [5, 5.41) is 70.4. The normalized spacial score (nSPS) is 33.3. The SMILES string of the molecule is CCCCC/C=C\C/C=C\C/C=C\C/C=C\CCCC(=O)OC1O[C@H](CO)[C@@H](O[C@@H]2O[C@H](CO)[C@H](O)[C@H](O)[C@H]2O)[C@H](O)[C@H]1O. The Bertz CT molecular complexity index is 902. The highest BCUT2D eigenvalue weighted by atomic mass is 16.7. The molecule has 7 N–H and O–H groups in total. The van der Waals surface area contributed by atoms with Crippen LogP contribution in [-0.2, 0) is 23.7 Å². The van der Waals surface area contributed by atoms with Crippen LogP contribution in [0.1, 0.15) is 71.1 Å². The van der Waals surface area contributed by atoms with Crippen molar-refractivity contribution in [1.82, 2.24) is 0 Å². The second-order valence-corrected chi connectivity index (χ2v) is 11.0. The van der Waals surface area contributed by atoms with Crippen LogP contribution in [0.3, 0.4) is 0 Å². The Morgan fingerprint density at radius 3 is 1.73 bits per heavy atom. The average molecular weight is 629 g/mol.